The number of amides is 1. The third-order valence-electron chi connectivity index (χ3n) is 7.08. The molecule has 1 saturated heterocycles. The summed E-state index contributed by atoms with van der Waals surface area (Å²) in [5, 5.41) is 0.528. The van der Waals surface area contributed by atoms with Gasteiger partial charge in [-0.2, -0.15) is 0 Å². The highest BCUT2D eigenvalue weighted by atomic mass is 35.5. The molecular weight excluding hydrogens is 426 g/mol. The Morgan fingerprint density at radius 1 is 1.09 bits per heavy atom. The molecule has 3 aliphatic rings. The van der Waals surface area contributed by atoms with Crippen molar-refractivity contribution in [3.05, 3.63) is 46.2 Å². The van der Waals surface area contributed by atoms with E-state index in [4.69, 9.17) is 21.3 Å². The smallest absolute Gasteiger partial charge is 0.257 e. The van der Waals surface area contributed by atoms with E-state index in [0.717, 1.165) is 62.3 Å². The van der Waals surface area contributed by atoms with E-state index in [1.807, 2.05) is 11.1 Å². The van der Waals surface area contributed by atoms with Crippen LogP contribution >= 0.6 is 11.6 Å². The largest absolute Gasteiger partial charge is 0.496 e. The van der Waals surface area contributed by atoms with Gasteiger partial charge in [-0.25, -0.2) is 9.97 Å². The van der Waals surface area contributed by atoms with E-state index in [9.17, 15) is 4.79 Å². The lowest BCUT2D eigenvalue weighted by Crippen LogP contribution is -2.52. The molecule has 1 aromatic carbocycles. The minimum Gasteiger partial charge on any atom is -0.496 e. The second-order valence-electron chi connectivity index (χ2n) is 8.89. The van der Waals surface area contributed by atoms with Gasteiger partial charge in [0, 0.05) is 63.0 Å². The van der Waals surface area contributed by atoms with Gasteiger partial charge in [-0.05, 0) is 43.0 Å². The number of piperazine rings is 1. The summed E-state index contributed by atoms with van der Waals surface area (Å²) in [5.74, 6) is 1.31. The maximum atomic E-state index is 13.2. The molecule has 1 amide bonds. The molecule has 1 saturated carbocycles. The molecule has 2 aliphatic heterocycles. The van der Waals surface area contributed by atoms with Crippen LogP contribution in [0.15, 0.2) is 24.4 Å². The van der Waals surface area contributed by atoms with Crippen molar-refractivity contribution in [2.45, 2.75) is 38.1 Å². The fraction of sp³-hybridized carbons (Fsp3) is 0.542. The average Bonchev–Trinajstić information content (AvgIpc) is 3.00. The van der Waals surface area contributed by atoms with Gasteiger partial charge in [0.15, 0.2) is 0 Å². The molecule has 2 aromatic rings. The van der Waals surface area contributed by atoms with E-state index < -0.39 is 0 Å². The fourth-order valence-electron chi connectivity index (χ4n) is 4.88. The number of hydrogen-bond donors (Lipinski definition) is 0. The maximum Gasteiger partial charge on any atom is 0.257 e. The number of rotatable bonds is 4. The molecular formula is C24H30ClN5O2. The Morgan fingerprint density at radius 2 is 1.88 bits per heavy atom. The minimum absolute atomic E-state index is 0.0579. The van der Waals surface area contributed by atoms with Crippen LogP contribution in [-0.2, 0) is 12.8 Å². The molecule has 0 spiro atoms. The van der Waals surface area contributed by atoms with Crippen LogP contribution in [0.25, 0.3) is 0 Å². The van der Waals surface area contributed by atoms with Crippen molar-refractivity contribution in [2.75, 3.05) is 51.3 Å². The van der Waals surface area contributed by atoms with E-state index in [-0.39, 0.29) is 5.91 Å². The number of hydrogen-bond acceptors (Lipinski definition) is 6. The molecule has 0 bridgehead atoms. The Bertz CT molecular complexity index is 988. The molecule has 0 N–H and O–H groups in total. The summed E-state index contributed by atoms with van der Waals surface area (Å²) < 4.78 is 5.38. The van der Waals surface area contributed by atoms with Crippen molar-refractivity contribution in [3.8, 4) is 5.75 Å². The van der Waals surface area contributed by atoms with E-state index in [1.54, 1.807) is 25.3 Å². The quantitative estimate of drug-likeness (QED) is 0.706. The van der Waals surface area contributed by atoms with Crippen molar-refractivity contribution in [2.24, 2.45) is 0 Å². The molecule has 1 aliphatic carbocycles. The number of nitrogens with zero attached hydrogens (tertiary/aromatic N) is 5. The molecule has 5 rings (SSSR count). The summed E-state index contributed by atoms with van der Waals surface area (Å²) in [7, 11) is 1.57. The second kappa shape index (κ2) is 9.24. The molecule has 7 nitrogen and oxygen atoms in total. The summed E-state index contributed by atoms with van der Waals surface area (Å²) in [6.07, 6.45) is 7.52. The molecule has 0 unspecified atom stereocenters. The molecule has 0 atom stereocenters. The lowest BCUT2D eigenvalue weighted by Gasteiger charge is -2.43. The molecule has 3 heterocycles. The van der Waals surface area contributed by atoms with Crippen molar-refractivity contribution in [1.82, 2.24) is 19.8 Å². The first-order valence-corrected chi connectivity index (χ1v) is 12.0. The molecule has 1 aromatic heterocycles. The second-order valence-corrected chi connectivity index (χ2v) is 9.32. The van der Waals surface area contributed by atoms with E-state index in [0.29, 0.717) is 29.4 Å². The molecule has 170 valence electrons. The van der Waals surface area contributed by atoms with Crippen LogP contribution in [0.3, 0.4) is 0 Å². The number of carbonyl (C=O) groups is 1. The number of ether oxygens (including phenoxy) is 1. The van der Waals surface area contributed by atoms with Crippen LogP contribution in [-0.4, -0.2) is 78.1 Å². The monoisotopic (exact) mass is 455 g/mol. The summed E-state index contributed by atoms with van der Waals surface area (Å²) in [6, 6.07) is 5.96. The van der Waals surface area contributed by atoms with Crippen molar-refractivity contribution in [1.29, 1.82) is 0 Å². The van der Waals surface area contributed by atoms with Gasteiger partial charge in [0.05, 0.1) is 18.4 Å². The van der Waals surface area contributed by atoms with Gasteiger partial charge in [-0.1, -0.05) is 18.0 Å². The highest BCUT2D eigenvalue weighted by Gasteiger charge is 2.29. The Balaban J connectivity index is 1.26. The molecule has 32 heavy (non-hydrogen) atoms. The lowest BCUT2D eigenvalue weighted by atomic mass is 9.91. The number of benzene rings is 1. The van der Waals surface area contributed by atoms with Crippen LogP contribution in [0.1, 0.15) is 40.9 Å². The molecule has 0 radical (unpaired) electrons. The molecule has 2 fully saturated rings. The normalized spacial score (nSPS) is 19.8. The van der Waals surface area contributed by atoms with Gasteiger partial charge in [-0.15, -0.1) is 0 Å². The first kappa shape index (κ1) is 21.5. The summed E-state index contributed by atoms with van der Waals surface area (Å²) in [4.78, 5) is 29.6. The zero-order chi connectivity index (χ0) is 22.1. The summed E-state index contributed by atoms with van der Waals surface area (Å²) in [6.45, 7) is 5.39. The van der Waals surface area contributed by atoms with Gasteiger partial charge < -0.3 is 14.5 Å². The van der Waals surface area contributed by atoms with E-state index >= 15 is 0 Å². The van der Waals surface area contributed by atoms with Gasteiger partial charge in [0.25, 0.3) is 5.91 Å². The average molecular weight is 456 g/mol. The SMILES string of the molecule is COc1ccc(Cl)cc1C(=O)N1CCc2cnc(N3CCN(C4CCC4)CC3)nc2CC1. The van der Waals surface area contributed by atoms with E-state index in [1.165, 1.54) is 19.3 Å². The molecule has 8 heteroatoms. The Kier molecular flexibility index (Phi) is 6.20. The standard InChI is InChI=1S/C24H30ClN5O2/c1-32-22-6-5-18(25)15-20(22)23(31)29-9-7-17-16-26-24(27-21(17)8-10-29)30-13-11-28(12-14-30)19-3-2-4-19/h5-6,15-16,19H,2-4,7-14H2,1H3. The van der Waals surface area contributed by atoms with Crippen LogP contribution < -0.4 is 9.64 Å². The number of fused-ring (bicyclic) bond motifs is 1. The highest BCUT2D eigenvalue weighted by Crippen LogP contribution is 2.27. The Morgan fingerprint density at radius 3 is 2.59 bits per heavy atom. The van der Waals surface area contributed by atoms with Gasteiger partial charge >= 0.3 is 0 Å². The van der Waals surface area contributed by atoms with E-state index in [2.05, 4.69) is 14.8 Å². The third-order valence-corrected chi connectivity index (χ3v) is 7.31. The fourth-order valence-corrected chi connectivity index (χ4v) is 5.05. The van der Waals surface area contributed by atoms with Crippen molar-refractivity contribution >= 4 is 23.5 Å². The first-order chi connectivity index (χ1) is 15.6. The lowest BCUT2D eigenvalue weighted by molar-refractivity contribution is 0.0759. The predicted molar refractivity (Wildman–Crippen MR) is 125 cm³/mol. The Labute approximate surface area is 194 Å². The van der Waals surface area contributed by atoms with Crippen molar-refractivity contribution < 1.29 is 9.53 Å². The number of methoxy groups -OCH3 is 1. The van der Waals surface area contributed by atoms with Gasteiger partial charge in [0.2, 0.25) is 5.95 Å². The van der Waals surface area contributed by atoms with Crippen LogP contribution in [0.2, 0.25) is 5.02 Å². The number of aromatic nitrogens is 2. The topological polar surface area (TPSA) is 61.8 Å². The zero-order valence-electron chi connectivity index (χ0n) is 18.6. The minimum atomic E-state index is -0.0579. The van der Waals surface area contributed by atoms with Gasteiger partial charge in [-0.3, -0.25) is 9.69 Å². The predicted octanol–water partition coefficient (Wildman–Crippen LogP) is 3.05. The first-order valence-electron chi connectivity index (χ1n) is 11.6. The zero-order valence-corrected chi connectivity index (χ0v) is 19.4. The number of anilines is 1. The van der Waals surface area contributed by atoms with Gasteiger partial charge in [0.1, 0.15) is 5.75 Å². The van der Waals surface area contributed by atoms with Crippen LogP contribution in [0, 0.1) is 0 Å². The highest BCUT2D eigenvalue weighted by molar-refractivity contribution is 6.31. The maximum absolute atomic E-state index is 13.2. The van der Waals surface area contributed by atoms with Crippen LogP contribution in [0.4, 0.5) is 5.95 Å². The third kappa shape index (κ3) is 4.28. The summed E-state index contributed by atoms with van der Waals surface area (Å²) in [5.41, 5.74) is 2.70. The summed E-state index contributed by atoms with van der Waals surface area (Å²) >= 11 is 6.14. The van der Waals surface area contributed by atoms with Crippen molar-refractivity contribution in [3.63, 3.8) is 0 Å². The van der Waals surface area contributed by atoms with Crippen LogP contribution in [0.5, 0.6) is 5.75 Å². The Hall–Kier alpha value is -2.38. The number of halogens is 1. The number of carbonyl (C=O) groups excluding carboxylic acids is 1.